The number of hydrogen-bond acceptors (Lipinski definition) is 1. The van der Waals surface area contributed by atoms with E-state index >= 15 is 0 Å². The lowest BCUT2D eigenvalue weighted by atomic mass is 9.82. The molecule has 1 aliphatic carbocycles. The van der Waals surface area contributed by atoms with E-state index in [2.05, 4.69) is 20.8 Å². The maximum absolute atomic E-state index is 10.6. The number of hydrogen-bond donors (Lipinski definition) is 1. The van der Waals surface area contributed by atoms with Crippen LogP contribution in [0.5, 0.6) is 0 Å². The first-order valence-corrected chi connectivity index (χ1v) is 4.53. The van der Waals surface area contributed by atoms with Crippen molar-refractivity contribution >= 4 is 5.97 Å². The minimum Gasteiger partial charge on any atom is -0.481 e. The Balaban J connectivity index is 2.71. The molecule has 0 bridgehead atoms. The van der Waals surface area contributed by atoms with Gasteiger partial charge in [0.25, 0.3) is 0 Å². The van der Waals surface area contributed by atoms with Gasteiger partial charge >= 0.3 is 5.97 Å². The first-order chi connectivity index (χ1) is 5.91. The smallest absolute Gasteiger partial charge is 0.310 e. The Morgan fingerprint density at radius 3 is 2.46 bits per heavy atom. The highest BCUT2D eigenvalue weighted by molar-refractivity contribution is 5.73. The van der Waals surface area contributed by atoms with Crippen LogP contribution in [0.15, 0.2) is 23.8 Å². The Hall–Kier alpha value is -1.05. The molecule has 0 aliphatic heterocycles. The molecule has 0 aromatic rings. The summed E-state index contributed by atoms with van der Waals surface area (Å²) in [5.41, 5.74) is 1.35. The van der Waals surface area contributed by atoms with Crippen molar-refractivity contribution in [1.29, 1.82) is 0 Å². The largest absolute Gasteiger partial charge is 0.481 e. The Morgan fingerprint density at radius 2 is 2.15 bits per heavy atom. The second kappa shape index (κ2) is 3.36. The molecule has 0 spiro atoms. The summed E-state index contributed by atoms with van der Waals surface area (Å²) in [6, 6.07) is 0. The van der Waals surface area contributed by atoms with Crippen LogP contribution in [0.1, 0.15) is 27.2 Å². The van der Waals surface area contributed by atoms with Crippen LogP contribution in [0, 0.1) is 11.3 Å². The van der Waals surface area contributed by atoms with E-state index in [-0.39, 0.29) is 11.3 Å². The number of carboxylic acids is 1. The molecule has 0 saturated heterocycles. The van der Waals surface area contributed by atoms with E-state index in [1.54, 1.807) is 6.08 Å². The zero-order valence-corrected chi connectivity index (χ0v) is 8.37. The van der Waals surface area contributed by atoms with Gasteiger partial charge in [-0.3, -0.25) is 4.79 Å². The van der Waals surface area contributed by atoms with Gasteiger partial charge in [-0.15, -0.1) is 0 Å². The van der Waals surface area contributed by atoms with Gasteiger partial charge < -0.3 is 5.11 Å². The third-order valence-corrected chi connectivity index (χ3v) is 2.28. The summed E-state index contributed by atoms with van der Waals surface area (Å²) in [6.45, 7) is 6.39. The van der Waals surface area contributed by atoms with Crippen molar-refractivity contribution in [3.8, 4) is 0 Å². The van der Waals surface area contributed by atoms with Crippen molar-refractivity contribution in [1.82, 2.24) is 0 Å². The molecule has 0 heterocycles. The van der Waals surface area contributed by atoms with Crippen molar-refractivity contribution < 1.29 is 9.90 Å². The average Bonchev–Trinajstić information content (AvgIpc) is 2.03. The monoisotopic (exact) mass is 180 g/mol. The fourth-order valence-corrected chi connectivity index (χ4v) is 1.36. The van der Waals surface area contributed by atoms with Gasteiger partial charge in [-0.2, -0.15) is 0 Å². The molecule has 0 aromatic carbocycles. The number of carboxylic acid groups (broad SMARTS) is 1. The highest BCUT2D eigenvalue weighted by Gasteiger charge is 2.21. The quantitative estimate of drug-likeness (QED) is 0.673. The normalized spacial score (nSPS) is 22.7. The molecule has 0 saturated carbocycles. The van der Waals surface area contributed by atoms with Crippen LogP contribution < -0.4 is 0 Å². The van der Waals surface area contributed by atoms with Gasteiger partial charge in [0.15, 0.2) is 0 Å². The fraction of sp³-hybridized carbons (Fsp3) is 0.545. The van der Waals surface area contributed by atoms with Crippen LogP contribution in [0.2, 0.25) is 0 Å². The minimum atomic E-state index is -0.736. The Morgan fingerprint density at radius 1 is 1.54 bits per heavy atom. The van der Waals surface area contributed by atoms with Crippen LogP contribution in [0.4, 0.5) is 0 Å². The number of allylic oxidation sites excluding steroid dienone is 3. The second-order valence-corrected chi connectivity index (χ2v) is 4.45. The van der Waals surface area contributed by atoms with E-state index in [4.69, 9.17) is 5.11 Å². The molecular weight excluding hydrogens is 164 g/mol. The van der Waals surface area contributed by atoms with Crippen LogP contribution in [0.25, 0.3) is 0 Å². The third-order valence-electron chi connectivity index (χ3n) is 2.28. The summed E-state index contributed by atoms with van der Waals surface area (Å²) in [7, 11) is 0. The molecule has 1 N–H and O–H groups in total. The molecule has 0 radical (unpaired) electrons. The van der Waals surface area contributed by atoms with Crippen LogP contribution in [0.3, 0.4) is 0 Å². The van der Waals surface area contributed by atoms with Crippen molar-refractivity contribution in [2.24, 2.45) is 11.3 Å². The molecule has 2 heteroatoms. The second-order valence-electron chi connectivity index (χ2n) is 4.45. The molecule has 2 nitrogen and oxygen atoms in total. The van der Waals surface area contributed by atoms with Gasteiger partial charge in [0.1, 0.15) is 0 Å². The van der Waals surface area contributed by atoms with Gasteiger partial charge in [-0.1, -0.05) is 39.0 Å². The highest BCUT2D eigenvalue weighted by atomic mass is 16.4. The Labute approximate surface area is 79.0 Å². The Kier molecular flexibility index (Phi) is 2.60. The lowest BCUT2D eigenvalue weighted by molar-refractivity contribution is -0.139. The van der Waals surface area contributed by atoms with Gasteiger partial charge in [0.05, 0.1) is 5.92 Å². The summed E-state index contributed by atoms with van der Waals surface area (Å²) in [4.78, 5) is 10.6. The van der Waals surface area contributed by atoms with E-state index in [0.29, 0.717) is 6.42 Å². The number of rotatable bonds is 1. The molecule has 1 atom stereocenters. The highest BCUT2D eigenvalue weighted by Crippen LogP contribution is 2.30. The molecule has 0 aromatic heterocycles. The van der Waals surface area contributed by atoms with Gasteiger partial charge in [-0.25, -0.2) is 0 Å². The zero-order valence-electron chi connectivity index (χ0n) is 8.37. The molecule has 72 valence electrons. The molecule has 1 rings (SSSR count). The topological polar surface area (TPSA) is 37.3 Å². The number of carbonyl (C=O) groups is 1. The summed E-state index contributed by atoms with van der Waals surface area (Å²) >= 11 is 0. The summed E-state index contributed by atoms with van der Waals surface area (Å²) < 4.78 is 0. The fourth-order valence-electron chi connectivity index (χ4n) is 1.36. The number of aliphatic carboxylic acids is 1. The lowest BCUT2D eigenvalue weighted by Gasteiger charge is -2.23. The van der Waals surface area contributed by atoms with Crippen molar-refractivity contribution in [3.63, 3.8) is 0 Å². The minimum absolute atomic E-state index is 0.125. The molecule has 1 unspecified atom stereocenters. The molecule has 0 fully saturated rings. The van der Waals surface area contributed by atoms with Gasteiger partial charge in [-0.05, 0) is 17.4 Å². The SMILES string of the molecule is CC(C)(C)C1=CCC(C(=O)O)C=C1. The average molecular weight is 180 g/mol. The van der Waals surface area contributed by atoms with Crippen molar-refractivity contribution in [2.75, 3.05) is 0 Å². The van der Waals surface area contributed by atoms with E-state index < -0.39 is 5.97 Å². The lowest BCUT2D eigenvalue weighted by Crippen LogP contribution is -2.16. The molecule has 13 heavy (non-hydrogen) atoms. The van der Waals surface area contributed by atoms with E-state index in [0.717, 1.165) is 0 Å². The summed E-state index contributed by atoms with van der Waals surface area (Å²) in [5, 5.41) is 8.75. The van der Waals surface area contributed by atoms with E-state index in [1.165, 1.54) is 5.57 Å². The standard InChI is InChI=1S/C11H16O2/c1-11(2,3)9-6-4-8(5-7-9)10(12)13/h4,6-8H,5H2,1-3H3,(H,12,13). The Bertz CT molecular complexity index is 266. The predicted molar refractivity (Wildman–Crippen MR) is 52.4 cm³/mol. The summed E-state index contributed by atoms with van der Waals surface area (Å²) in [5.74, 6) is -1.06. The summed E-state index contributed by atoms with van der Waals surface area (Å²) in [6.07, 6.45) is 6.36. The zero-order chi connectivity index (χ0) is 10.1. The first kappa shape index (κ1) is 10.0. The van der Waals surface area contributed by atoms with Gasteiger partial charge in [0, 0.05) is 0 Å². The first-order valence-electron chi connectivity index (χ1n) is 4.53. The molecular formula is C11H16O2. The van der Waals surface area contributed by atoms with Gasteiger partial charge in [0.2, 0.25) is 0 Å². The molecule has 0 amide bonds. The third kappa shape index (κ3) is 2.44. The van der Waals surface area contributed by atoms with Crippen molar-refractivity contribution in [3.05, 3.63) is 23.8 Å². The predicted octanol–water partition coefficient (Wildman–Crippen LogP) is 2.62. The maximum Gasteiger partial charge on any atom is 0.310 e. The maximum atomic E-state index is 10.6. The molecule has 1 aliphatic rings. The van der Waals surface area contributed by atoms with Crippen LogP contribution >= 0.6 is 0 Å². The van der Waals surface area contributed by atoms with E-state index in [1.807, 2.05) is 12.2 Å². The van der Waals surface area contributed by atoms with Crippen LogP contribution in [-0.4, -0.2) is 11.1 Å². The van der Waals surface area contributed by atoms with Crippen molar-refractivity contribution in [2.45, 2.75) is 27.2 Å². The van der Waals surface area contributed by atoms with Crippen LogP contribution in [-0.2, 0) is 4.79 Å². The van der Waals surface area contributed by atoms with E-state index in [9.17, 15) is 4.79 Å².